The van der Waals surface area contributed by atoms with E-state index < -0.39 is 0 Å². The second kappa shape index (κ2) is 3.09. The zero-order valence-corrected chi connectivity index (χ0v) is 8.49. The summed E-state index contributed by atoms with van der Waals surface area (Å²) in [5.74, 6) is 2.77. The summed E-state index contributed by atoms with van der Waals surface area (Å²) in [7, 11) is 0. The molecule has 0 atom stereocenters. The summed E-state index contributed by atoms with van der Waals surface area (Å²) in [6.07, 6.45) is 7.44. The molecule has 0 unspecified atom stereocenters. The quantitative estimate of drug-likeness (QED) is 0.419. The number of hydrogen-bond donors (Lipinski definition) is 0. The maximum Gasteiger partial charge on any atom is 0.272 e. The fourth-order valence-electron chi connectivity index (χ4n) is 1.80. The zero-order valence-electron chi connectivity index (χ0n) is 8.49. The van der Waals surface area contributed by atoms with Crippen molar-refractivity contribution in [3.05, 3.63) is 39.4 Å². The Morgan fingerprint density at radius 3 is 2.60 bits per heavy atom. The largest absolute Gasteiger partial charge is 0.272 e. The van der Waals surface area contributed by atoms with Crippen LogP contribution >= 0.6 is 0 Å². The molecule has 0 aliphatic heterocycles. The number of rotatable bonds is 2. The molecule has 0 aromatic heterocycles. The van der Waals surface area contributed by atoms with Crippen molar-refractivity contribution in [3.63, 3.8) is 0 Å². The van der Waals surface area contributed by atoms with Crippen LogP contribution in [0.5, 0.6) is 0 Å². The van der Waals surface area contributed by atoms with Gasteiger partial charge in [0, 0.05) is 11.6 Å². The first kappa shape index (κ1) is 9.72. The van der Waals surface area contributed by atoms with Crippen molar-refractivity contribution in [1.29, 1.82) is 0 Å². The van der Waals surface area contributed by atoms with Crippen molar-refractivity contribution in [2.75, 3.05) is 0 Å². The molecule has 1 aliphatic rings. The van der Waals surface area contributed by atoms with Crippen LogP contribution in [0, 0.1) is 29.4 Å². The van der Waals surface area contributed by atoms with Gasteiger partial charge in [-0.05, 0) is 31.4 Å². The molecule has 2 rings (SSSR count). The lowest BCUT2D eigenvalue weighted by Gasteiger charge is -2.08. The first-order chi connectivity index (χ1) is 7.09. The third-order valence-corrected chi connectivity index (χ3v) is 2.97. The molecule has 0 heterocycles. The molecule has 1 saturated carbocycles. The molecule has 1 fully saturated rings. The van der Waals surface area contributed by atoms with Crippen molar-refractivity contribution in [2.24, 2.45) is 0 Å². The van der Waals surface area contributed by atoms with Crippen molar-refractivity contribution in [3.8, 4) is 12.3 Å². The Hall–Kier alpha value is -1.82. The molecule has 76 valence electrons. The van der Waals surface area contributed by atoms with Gasteiger partial charge in [-0.2, -0.15) is 0 Å². The topological polar surface area (TPSA) is 43.1 Å². The highest BCUT2D eigenvalue weighted by atomic mass is 16.6. The summed E-state index contributed by atoms with van der Waals surface area (Å²) in [5, 5.41) is 10.6. The average Bonchev–Trinajstić information content (AvgIpc) is 2.97. The predicted molar refractivity (Wildman–Crippen MR) is 57.6 cm³/mol. The minimum Gasteiger partial charge on any atom is -0.258 e. The van der Waals surface area contributed by atoms with Crippen LogP contribution in [0.3, 0.4) is 0 Å². The van der Waals surface area contributed by atoms with Crippen molar-refractivity contribution in [1.82, 2.24) is 0 Å². The highest BCUT2D eigenvalue weighted by molar-refractivity contribution is 5.49. The fraction of sp³-hybridized carbons (Fsp3) is 0.333. The van der Waals surface area contributed by atoms with Gasteiger partial charge in [0.25, 0.3) is 5.69 Å². The molecular weight excluding hydrogens is 190 g/mol. The summed E-state index contributed by atoms with van der Waals surface area (Å²) in [5.41, 5.74) is 1.73. The Balaban J connectivity index is 2.43. The first-order valence-electron chi connectivity index (χ1n) is 4.82. The number of nitro groups is 1. The normalized spacial score (nSPS) is 16.8. The molecule has 3 nitrogen and oxygen atoms in total. The molecule has 0 N–H and O–H groups in total. The lowest BCUT2D eigenvalue weighted by molar-refractivity contribution is -0.385. The van der Waals surface area contributed by atoms with Crippen LogP contribution in [-0.4, -0.2) is 4.92 Å². The molecule has 1 aromatic rings. The van der Waals surface area contributed by atoms with Crippen LogP contribution < -0.4 is 0 Å². The van der Waals surface area contributed by atoms with E-state index in [9.17, 15) is 10.1 Å². The number of benzene rings is 1. The van der Waals surface area contributed by atoms with Gasteiger partial charge in [0.05, 0.1) is 10.3 Å². The van der Waals surface area contributed by atoms with Crippen LogP contribution in [0.1, 0.15) is 24.0 Å². The number of nitrogens with zero attached hydrogens (tertiary/aromatic N) is 1. The molecule has 1 aliphatic carbocycles. The Labute approximate surface area is 88.3 Å². The summed E-state index contributed by atoms with van der Waals surface area (Å²) in [6.45, 7) is 1.74. The van der Waals surface area contributed by atoms with Crippen molar-refractivity contribution < 1.29 is 4.92 Å². The van der Waals surface area contributed by atoms with E-state index in [0.29, 0.717) is 5.56 Å². The monoisotopic (exact) mass is 201 g/mol. The van der Waals surface area contributed by atoms with E-state index in [-0.39, 0.29) is 16.0 Å². The van der Waals surface area contributed by atoms with E-state index in [1.54, 1.807) is 19.1 Å². The second-order valence-corrected chi connectivity index (χ2v) is 3.98. The molecule has 0 bridgehead atoms. The van der Waals surface area contributed by atoms with Gasteiger partial charge in [0.1, 0.15) is 0 Å². The number of nitro benzene ring substituents is 1. The average molecular weight is 201 g/mol. The SMILES string of the molecule is C#CC1(c2ccc([N+](=O)[O-])c(C)c2)CC1. The fourth-order valence-corrected chi connectivity index (χ4v) is 1.80. The van der Waals surface area contributed by atoms with Gasteiger partial charge in [-0.3, -0.25) is 10.1 Å². The van der Waals surface area contributed by atoms with Crippen LogP contribution in [0.25, 0.3) is 0 Å². The van der Waals surface area contributed by atoms with Gasteiger partial charge >= 0.3 is 0 Å². The molecule has 3 heteroatoms. The van der Waals surface area contributed by atoms with Gasteiger partial charge in [-0.15, -0.1) is 6.42 Å². The van der Waals surface area contributed by atoms with Gasteiger partial charge < -0.3 is 0 Å². The minimum absolute atomic E-state index is 0.139. The zero-order chi connectivity index (χ0) is 11.1. The highest BCUT2D eigenvalue weighted by Gasteiger charge is 2.42. The summed E-state index contributed by atoms with van der Waals surface area (Å²) in [4.78, 5) is 10.3. The van der Waals surface area contributed by atoms with Crippen LogP contribution in [-0.2, 0) is 5.41 Å². The summed E-state index contributed by atoms with van der Waals surface area (Å²) in [6, 6.07) is 5.16. The van der Waals surface area contributed by atoms with E-state index in [1.165, 1.54) is 0 Å². The minimum atomic E-state index is -0.367. The maximum absolute atomic E-state index is 10.6. The van der Waals surface area contributed by atoms with Gasteiger partial charge in [0.2, 0.25) is 0 Å². The van der Waals surface area contributed by atoms with E-state index in [4.69, 9.17) is 6.42 Å². The summed E-state index contributed by atoms with van der Waals surface area (Å²) >= 11 is 0. The molecular formula is C12H11NO2. The Morgan fingerprint density at radius 1 is 1.53 bits per heavy atom. The Kier molecular flexibility index (Phi) is 2.01. The summed E-state index contributed by atoms with van der Waals surface area (Å²) < 4.78 is 0. The third-order valence-electron chi connectivity index (χ3n) is 2.97. The molecule has 0 radical (unpaired) electrons. The molecule has 1 aromatic carbocycles. The lowest BCUT2D eigenvalue weighted by Crippen LogP contribution is -2.03. The van der Waals surface area contributed by atoms with Gasteiger partial charge in [0.15, 0.2) is 0 Å². The predicted octanol–water partition coefficient (Wildman–Crippen LogP) is 2.57. The van der Waals surface area contributed by atoms with Crippen molar-refractivity contribution in [2.45, 2.75) is 25.2 Å². The van der Waals surface area contributed by atoms with E-state index >= 15 is 0 Å². The Morgan fingerprint density at radius 2 is 2.20 bits per heavy atom. The number of hydrogen-bond acceptors (Lipinski definition) is 2. The molecule has 0 spiro atoms. The number of aryl methyl sites for hydroxylation is 1. The van der Waals surface area contributed by atoms with Crippen LogP contribution in [0.2, 0.25) is 0 Å². The number of terminal acetylenes is 1. The molecule has 0 saturated heterocycles. The van der Waals surface area contributed by atoms with E-state index in [1.807, 2.05) is 6.07 Å². The van der Waals surface area contributed by atoms with Gasteiger partial charge in [-0.1, -0.05) is 12.0 Å². The van der Waals surface area contributed by atoms with Crippen LogP contribution in [0.4, 0.5) is 5.69 Å². The van der Waals surface area contributed by atoms with Crippen LogP contribution in [0.15, 0.2) is 18.2 Å². The Bertz CT molecular complexity index is 467. The third kappa shape index (κ3) is 1.48. The van der Waals surface area contributed by atoms with Crippen molar-refractivity contribution >= 4 is 5.69 Å². The van der Waals surface area contributed by atoms with E-state index in [2.05, 4.69) is 5.92 Å². The highest BCUT2D eigenvalue weighted by Crippen LogP contribution is 2.48. The van der Waals surface area contributed by atoms with Gasteiger partial charge in [-0.25, -0.2) is 0 Å². The van der Waals surface area contributed by atoms with E-state index in [0.717, 1.165) is 18.4 Å². The second-order valence-electron chi connectivity index (χ2n) is 3.98. The lowest BCUT2D eigenvalue weighted by atomic mass is 9.95. The smallest absolute Gasteiger partial charge is 0.258 e. The molecule has 15 heavy (non-hydrogen) atoms. The first-order valence-corrected chi connectivity index (χ1v) is 4.82. The maximum atomic E-state index is 10.6. The molecule has 0 amide bonds. The standard InChI is InChI=1S/C12H11NO2/c1-3-12(6-7-12)10-4-5-11(13(14)15)9(2)8-10/h1,4-5,8H,6-7H2,2H3.